The lowest BCUT2D eigenvalue weighted by molar-refractivity contribution is -0.137. The predicted octanol–water partition coefficient (Wildman–Crippen LogP) is 3.19. The van der Waals surface area contributed by atoms with Crippen molar-refractivity contribution >= 4 is 29.0 Å². The number of rotatable bonds is 5. The Morgan fingerprint density at radius 2 is 1.70 bits per heavy atom. The van der Waals surface area contributed by atoms with Crippen LogP contribution in [-0.4, -0.2) is 40.6 Å². The molecular weight excluding hydrogens is 378 g/mol. The van der Waals surface area contributed by atoms with Crippen LogP contribution in [0.4, 0.5) is 5.69 Å². The van der Waals surface area contributed by atoms with E-state index in [2.05, 4.69) is 17.4 Å². The van der Waals surface area contributed by atoms with E-state index in [-0.39, 0.29) is 17.7 Å². The zero-order valence-electron chi connectivity index (χ0n) is 17.3. The van der Waals surface area contributed by atoms with Crippen molar-refractivity contribution in [2.75, 3.05) is 18.4 Å². The maximum absolute atomic E-state index is 13.3. The molecule has 4 rings (SSSR count). The minimum Gasteiger partial charge on any atom is -0.362 e. The highest BCUT2D eigenvalue weighted by Crippen LogP contribution is 2.34. The van der Waals surface area contributed by atoms with E-state index in [4.69, 9.17) is 0 Å². The maximum Gasteiger partial charge on any atom is 0.277 e. The third kappa shape index (κ3) is 3.61. The lowest BCUT2D eigenvalue weighted by Crippen LogP contribution is -2.37. The van der Waals surface area contributed by atoms with Crippen LogP contribution in [0.5, 0.6) is 0 Å². The van der Waals surface area contributed by atoms with Gasteiger partial charge in [0.2, 0.25) is 5.91 Å². The summed E-state index contributed by atoms with van der Waals surface area (Å²) in [5.41, 5.74) is 4.75. The molecule has 0 bridgehead atoms. The van der Waals surface area contributed by atoms with Gasteiger partial charge in [0, 0.05) is 32.2 Å². The molecule has 0 atom stereocenters. The monoisotopic (exact) mass is 403 g/mol. The summed E-state index contributed by atoms with van der Waals surface area (Å²) in [5, 5.41) is 2.73. The van der Waals surface area contributed by atoms with Crippen molar-refractivity contribution in [2.45, 2.75) is 33.2 Å². The molecule has 0 unspecified atom stereocenters. The Hall–Kier alpha value is -3.41. The van der Waals surface area contributed by atoms with Crippen LogP contribution in [0.1, 0.15) is 37.0 Å². The molecule has 0 spiro atoms. The number of nitrogens with one attached hydrogen (secondary N) is 1. The van der Waals surface area contributed by atoms with Gasteiger partial charge in [0.25, 0.3) is 11.8 Å². The molecule has 2 heterocycles. The van der Waals surface area contributed by atoms with Gasteiger partial charge in [0.1, 0.15) is 5.70 Å². The van der Waals surface area contributed by atoms with Crippen LogP contribution >= 0.6 is 0 Å². The molecule has 2 aromatic carbocycles. The van der Waals surface area contributed by atoms with Crippen molar-refractivity contribution < 1.29 is 14.4 Å². The van der Waals surface area contributed by atoms with Crippen LogP contribution in [0.3, 0.4) is 0 Å². The molecule has 2 aliphatic rings. The van der Waals surface area contributed by atoms with Gasteiger partial charge in [-0.2, -0.15) is 0 Å². The van der Waals surface area contributed by atoms with Crippen LogP contribution in [-0.2, 0) is 27.3 Å². The average Bonchev–Trinajstić information content (AvgIpc) is 2.98. The number of amides is 3. The van der Waals surface area contributed by atoms with Crippen LogP contribution in [0.25, 0.3) is 5.57 Å². The van der Waals surface area contributed by atoms with Gasteiger partial charge >= 0.3 is 0 Å². The number of fused-ring (bicyclic) bond motifs is 1. The number of benzene rings is 2. The van der Waals surface area contributed by atoms with E-state index in [1.807, 2.05) is 24.0 Å². The molecule has 0 aromatic heterocycles. The zero-order chi connectivity index (χ0) is 21.3. The summed E-state index contributed by atoms with van der Waals surface area (Å²) in [6.45, 7) is 5.11. The quantitative estimate of drug-likeness (QED) is 0.779. The van der Waals surface area contributed by atoms with Crippen LogP contribution in [0.2, 0.25) is 0 Å². The Morgan fingerprint density at radius 1 is 1.00 bits per heavy atom. The van der Waals surface area contributed by atoms with E-state index in [1.54, 1.807) is 24.3 Å². The van der Waals surface area contributed by atoms with E-state index >= 15 is 0 Å². The normalized spacial score (nSPS) is 16.2. The van der Waals surface area contributed by atoms with Gasteiger partial charge in [-0.05, 0) is 41.7 Å². The third-order valence-electron chi connectivity index (χ3n) is 5.53. The van der Waals surface area contributed by atoms with Gasteiger partial charge in [0.15, 0.2) is 0 Å². The number of anilines is 1. The zero-order valence-corrected chi connectivity index (χ0v) is 17.3. The summed E-state index contributed by atoms with van der Waals surface area (Å²) in [4.78, 5) is 41.2. The molecule has 2 aliphatic heterocycles. The van der Waals surface area contributed by atoms with E-state index in [0.717, 1.165) is 6.42 Å². The highest BCUT2D eigenvalue weighted by atomic mass is 16.2. The standard InChI is InChI=1S/C24H25N3O3/c1-3-13-27-23(29)21(18-8-10-20(11-9-18)25-16(2)28)22(24(27)30)26-14-12-17-6-4-5-7-19(17)15-26/h4-11H,3,12-15H2,1-2H3,(H,25,28). The first-order chi connectivity index (χ1) is 14.5. The largest absolute Gasteiger partial charge is 0.362 e. The second kappa shape index (κ2) is 8.14. The number of carbonyl (C=O) groups excluding carboxylic acids is 3. The SMILES string of the molecule is CCCN1C(=O)C(c2ccc(NC(C)=O)cc2)=C(N2CCc3ccccc3C2)C1=O. The molecule has 30 heavy (non-hydrogen) atoms. The number of hydrogen-bond acceptors (Lipinski definition) is 4. The second-order valence-corrected chi connectivity index (χ2v) is 7.68. The smallest absolute Gasteiger partial charge is 0.277 e. The molecule has 6 heteroatoms. The lowest BCUT2D eigenvalue weighted by atomic mass is 9.97. The highest BCUT2D eigenvalue weighted by Gasteiger charge is 2.41. The minimum atomic E-state index is -0.247. The summed E-state index contributed by atoms with van der Waals surface area (Å²) >= 11 is 0. The first-order valence-electron chi connectivity index (χ1n) is 10.3. The molecule has 2 aromatic rings. The molecule has 0 saturated carbocycles. The van der Waals surface area contributed by atoms with Crippen molar-refractivity contribution in [1.29, 1.82) is 0 Å². The molecule has 0 fully saturated rings. The summed E-state index contributed by atoms with van der Waals surface area (Å²) in [6.07, 6.45) is 1.55. The van der Waals surface area contributed by atoms with Crippen LogP contribution < -0.4 is 5.32 Å². The van der Waals surface area contributed by atoms with Gasteiger partial charge in [-0.1, -0.05) is 43.3 Å². The number of imide groups is 1. The molecule has 0 saturated heterocycles. The number of nitrogens with zero attached hydrogens (tertiary/aromatic N) is 2. The van der Waals surface area contributed by atoms with Gasteiger partial charge in [0.05, 0.1) is 5.57 Å². The Morgan fingerprint density at radius 3 is 2.37 bits per heavy atom. The van der Waals surface area contributed by atoms with Crippen molar-refractivity contribution in [2.24, 2.45) is 0 Å². The van der Waals surface area contributed by atoms with Gasteiger partial charge in [-0.15, -0.1) is 0 Å². The second-order valence-electron chi connectivity index (χ2n) is 7.68. The fraction of sp³-hybridized carbons (Fsp3) is 0.292. The fourth-order valence-electron chi connectivity index (χ4n) is 4.15. The molecule has 0 radical (unpaired) electrons. The van der Waals surface area contributed by atoms with Crippen molar-refractivity contribution in [1.82, 2.24) is 9.80 Å². The van der Waals surface area contributed by atoms with Crippen molar-refractivity contribution in [3.8, 4) is 0 Å². The summed E-state index contributed by atoms with van der Waals surface area (Å²) in [7, 11) is 0. The van der Waals surface area contributed by atoms with E-state index < -0.39 is 0 Å². The van der Waals surface area contributed by atoms with E-state index in [0.29, 0.717) is 48.6 Å². The van der Waals surface area contributed by atoms with Gasteiger partial charge < -0.3 is 10.2 Å². The first-order valence-corrected chi connectivity index (χ1v) is 10.3. The Labute approximate surface area is 176 Å². The topological polar surface area (TPSA) is 69.7 Å². The van der Waals surface area contributed by atoms with E-state index in [1.165, 1.54) is 23.0 Å². The highest BCUT2D eigenvalue weighted by molar-refractivity contribution is 6.35. The number of carbonyl (C=O) groups is 3. The Balaban J connectivity index is 1.74. The van der Waals surface area contributed by atoms with Crippen LogP contribution in [0, 0.1) is 0 Å². The Kier molecular flexibility index (Phi) is 5.40. The summed E-state index contributed by atoms with van der Waals surface area (Å²) < 4.78 is 0. The number of hydrogen-bond donors (Lipinski definition) is 1. The fourth-order valence-corrected chi connectivity index (χ4v) is 4.15. The van der Waals surface area contributed by atoms with Crippen LogP contribution in [0.15, 0.2) is 54.2 Å². The molecule has 0 aliphatic carbocycles. The van der Waals surface area contributed by atoms with Crippen molar-refractivity contribution in [3.63, 3.8) is 0 Å². The molecule has 6 nitrogen and oxygen atoms in total. The first kappa shape index (κ1) is 19.9. The molecule has 1 N–H and O–H groups in total. The van der Waals surface area contributed by atoms with Gasteiger partial charge in [-0.3, -0.25) is 19.3 Å². The van der Waals surface area contributed by atoms with E-state index in [9.17, 15) is 14.4 Å². The maximum atomic E-state index is 13.3. The summed E-state index contributed by atoms with van der Waals surface area (Å²) in [5.74, 6) is -0.624. The summed E-state index contributed by atoms with van der Waals surface area (Å²) in [6, 6.07) is 15.3. The predicted molar refractivity (Wildman–Crippen MR) is 115 cm³/mol. The Bertz CT molecular complexity index is 1040. The minimum absolute atomic E-state index is 0.157. The molecule has 3 amide bonds. The molecule has 154 valence electrons. The lowest BCUT2D eigenvalue weighted by Gasteiger charge is -2.31. The molecular formula is C24H25N3O3. The average molecular weight is 403 g/mol. The van der Waals surface area contributed by atoms with Crippen molar-refractivity contribution in [3.05, 3.63) is 70.9 Å². The van der Waals surface area contributed by atoms with Gasteiger partial charge in [-0.25, -0.2) is 0 Å². The third-order valence-corrected chi connectivity index (χ3v) is 5.53.